The summed E-state index contributed by atoms with van der Waals surface area (Å²) in [6, 6.07) is 15.3. The maximum absolute atomic E-state index is 12.1. The predicted molar refractivity (Wildman–Crippen MR) is 115 cm³/mol. The van der Waals surface area contributed by atoms with E-state index in [1.165, 1.54) is 5.56 Å². The van der Waals surface area contributed by atoms with Crippen LogP contribution in [0.5, 0.6) is 0 Å². The third-order valence-corrected chi connectivity index (χ3v) is 5.28. The lowest BCUT2D eigenvalue weighted by molar-refractivity contribution is -0.122. The molecule has 30 heavy (non-hydrogen) atoms. The van der Waals surface area contributed by atoms with Gasteiger partial charge in [-0.2, -0.15) is 0 Å². The Labute approximate surface area is 176 Å². The molecular weight excluding hydrogens is 378 g/mol. The number of hydrogen-bond acceptors (Lipinski definition) is 4. The Morgan fingerprint density at radius 1 is 1.03 bits per heavy atom. The Morgan fingerprint density at radius 3 is 2.27 bits per heavy atom. The number of amides is 2. The zero-order chi connectivity index (χ0) is 20.8. The fourth-order valence-corrected chi connectivity index (χ4v) is 3.53. The van der Waals surface area contributed by atoms with Crippen LogP contribution in [0.3, 0.4) is 0 Å². The standard InChI is InChI=1S/C24H25N3O3/c28-23-12-11-22(26-23)24(29)25-21-9-7-19(8-10-21)2-1-18-3-5-20(6-4-18)17-27-13-15-30-16-14-27/h3-10,22H,11-17H2,(H,25,29)(H,26,28). The normalized spacial score (nSPS) is 18.9. The molecule has 0 saturated carbocycles. The minimum Gasteiger partial charge on any atom is -0.379 e. The van der Waals surface area contributed by atoms with Crippen LogP contribution in [0, 0.1) is 11.8 Å². The van der Waals surface area contributed by atoms with Crippen LogP contribution < -0.4 is 10.6 Å². The summed E-state index contributed by atoms with van der Waals surface area (Å²) in [7, 11) is 0. The van der Waals surface area contributed by atoms with Gasteiger partial charge in [0, 0.05) is 42.9 Å². The van der Waals surface area contributed by atoms with Crippen LogP contribution in [0.15, 0.2) is 48.5 Å². The number of hydrogen-bond donors (Lipinski definition) is 2. The molecule has 2 amide bonds. The summed E-state index contributed by atoms with van der Waals surface area (Å²) in [5.41, 5.74) is 3.81. The minimum absolute atomic E-state index is 0.0742. The van der Waals surface area contributed by atoms with Gasteiger partial charge in [-0.15, -0.1) is 0 Å². The first kappa shape index (κ1) is 20.1. The quantitative estimate of drug-likeness (QED) is 0.768. The van der Waals surface area contributed by atoms with Crippen molar-refractivity contribution in [1.82, 2.24) is 10.2 Å². The van der Waals surface area contributed by atoms with Gasteiger partial charge in [0.05, 0.1) is 13.2 Å². The molecule has 154 valence electrons. The van der Waals surface area contributed by atoms with Crippen molar-refractivity contribution in [3.05, 3.63) is 65.2 Å². The van der Waals surface area contributed by atoms with Gasteiger partial charge in [0.1, 0.15) is 6.04 Å². The smallest absolute Gasteiger partial charge is 0.246 e. The van der Waals surface area contributed by atoms with Crippen molar-refractivity contribution in [1.29, 1.82) is 0 Å². The lowest BCUT2D eigenvalue weighted by Crippen LogP contribution is -2.37. The van der Waals surface area contributed by atoms with Crippen molar-refractivity contribution in [3.63, 3.8) is 0 Å². The van der Waals surface area contributed by atoms with Crippen LogP contribution in [0.4, 0.5) is 5.69 Å². The summed E-state index contributed by atoms with van der Waals surface area (Å²) < 4.78 is 5.39. The molecule has 2 aliphatic rings. The molecule has 2 heterocycles. The second kappa shape index (κ2) is 9.57. The second-order valence-corrected chi connectivity index (χ2v) is 7.56. The highest BCUT2D eigenvalue weighted by Gasteiger charge is 2.27. The van der Waals surface area contributed by atoms with Gasteiger partial charge < -0.3 is 15.4 Å². The molecule has 0 aliphatic carbocycles. The third-order valence-electron chi connectivity index (χ3n) is 5.28. The molecule has 2 fully saturated rings. The maximum atomic E-state index is 12.1. The molecule has 2 aliphatic heterocycles. The van der Waals surface area contributed by atoms with E-state index in [2.05, 4.69) is 39.5 Å². The molecular formula is C24H25N3O3. The number of morpholine rings is 1. The van der Waals surface area contributed by atoms with Crippen LogP contribution in [-0.2, 0) is 20.9 Å². The fourth-order valence-electron chi connectivity index (χ4n) is 3.53. The molecule has 0 spiro atoms. The van der Waals surface area contributed by atoms with Gasteiger partial charge in [-0.1, -0.05) is 24.0 Å². The van der Waals surface area contributed by atoms with E-state index in [4.69, 9.17) is 4.74 Å². The van der Waals surface area contributed by atoms with E-state index < -0.39 is 6.04 Å². The van der Waals surface area contributed by atoms with Gasteiger partial charge in [0.25, 0.3) is 0 Å². The number of nitrogens with one attached hydrogen (secondary N) is 2. The molecule has 0 aromatic heterocycles. The van der Waals surface area contributed by atoms with Crippen LogP contribution in [0.2, 0.25) is 0 Å². The molecule has 4 rings (SSSR count). The molecule has 2 N–H and O–H groups in total. The average Bonchev–Trinajstić information content (AvgIpc) is 3.21. The van der Waals surface area contributed by atoms with Crippen molar-refractivity contribution >= 4 is 17.5 Å². The Morgan fingerprint density at radius 2 is 1.67 bits per heavy atom. The Balaban J connectivity index is 1.31. The zero-order valence-electron chi connectivity index (χ0n) is 16.8. The molecule has 2 aromatic rings. The Hall–Kier alpha value is -3.14. The van der Waals surface area contributed by atoms with Gasteiger partial charge in [-0.3, -0.25) is 14.5 Å². The average molecular weight is 403 g/mol. The summed E-state index contributed by atoms with van der Waals surface area (Å²) >= 11 is 0. The third kappa shape index (κ3) is 5.47. The first-order chi connectivity index (χ1) is 14.7. The van der Waals surface area contributed by atoms with E-state index >= 15 is 0 Å². The van der Waals surface area contributed by atoms with Crippen LogP contribution in [0.1, 0.15) is 29.5 Å². The Bertz CT molecular complexity index is 952. The monoisotopic (exact) mass is 403 g/mol. The van der Waals surface area contributed by atoms with E-state index in [-0.39, 0.29) is 11.8 Å². The molecule has 0 bridgehead atoms. The first-order valence-electron chi connectivity index (χ1n) is 10.3. The Kier molecular flexibility index (Phi) is 6.43. The predicted octanol–water partition coefficient (Wildman–Crippen LogP) is 2.14. The van der Waals surface area contributed by atoms with Gasteiger partial charge in [-0.25, -0.2) is 0 Å². The van der Waals surface area contributed by atoms with Gasteiger partial charge in [0.2, 0.25) is 11.8 Å². The second-order valence-electron chi connectivity index (χ2n) is 7.56. The van der Waals surface area contributed by atoms with Gasteiger partial charge >= 0.3 is 0 Å². The lowest BCUT2D eigenvalue weighted by Gasteiger charge is -2.26. The minimum atomic E-state index is -0.441. The molecule has 2 aromatic carbocycles. The highest BCUT2D eigenvalue weighted by molar-refractivity contribution is 5.98. The number of benzene rings is 2. The summed E-state index contributed by atoms with van der Waals surface area (Å²) in [5.74, 6) is 6.08. The van der Waals surface area contributed by atoms with E-state index in [0.29, 0.717) is 18.5 Å². The van der Waals surface area contributed by atoms with E-state index in [0.717, 1.165) is 44.0 Å². The van der Waals surface area contributed by atoms with Crippen molar-refractivity contribution < 1.29 is 14.3 Å². The number of anilines is 1. The number of carbonyl (C=O) groups excluding carboxylic acids is 2. The number of nitrogens with zero attached hydrogens (tertiary/aromatic N) is 1. The number of ether oxygens (including phenoxy) is 1. The van der Waals surface area contributed by atoms with Crippen molar-refractivity contribution in [2.24, 2.45) is 0 Å². The van der Waals surface area contributed by atoms with E-state index in [1.807, 2.05) is 36.4 Å². The zero-order valence-corrected chi connectivity index (χ0v) is 16.8. The number of carbonyl (C=O) groups is 2. The molecule has 6 heteroatoms. The van der Waals surface area contributed by atoms with Gasteiger partial charge in [-0.05, 0) is 48.4 Å². The first-order valence-corrected chi connectivity index (χ1v) is 10.3. The molecule has 1 atom stereocenters. The summed E-state index contributed by atoms with van der Waals surface area (Å²) in [6.45, 7) is 4.52. The van der Waals surface area contributed by atoms with Crippen molar-refractivity contribution in [3.8, 4) is 11.8 Å². The summed E-state index contributed by atoms with van der Waals surface area (Å²) in [5, 5.41) is 5.50. The SMILES string of the molecule is O=C1CCC(C(=O)Nc2ccc(C#Cc3ccc(CN4CCOCC4)cc3)cc2)N1. The summed E-state index contributed by atoms with van der Waals surface area (Å²) in [6.07, 6.45) is 0.945. The van der Waals surface area contributed by atoms with E-state index in [1.54, 1.807) is 0 Å². The topological polar surface area (TPSA) is 70.7 Å². The maximum Gasteiger partial charge on any atom is 0.246 e. The molecule has 6 nitrogen and oxygen atoms in total. The largest absolute Gasteiger partial charge is 0.379 e. The van der Waals surface area contributed by atoms with Gasteiger partial charge in [0.15, 0.2) is 0 Å². The van der Waals surface area contributed by atoms with Crippen LogP contribution >= 0.6 is 0 Å². The summed E-state index contributed by atoms with van der Waals surface area (Å²) in [4.78, 5) is 25.8. The van der Waals surface area contributed by atoms with Crippen molar-refractivity contribution in [2.75, 3.05) is 31.6 Å². The van der Waals surface area contributed by atoms with E-state index in [9.17, 15) is 9.59 Å². The molecule has 2 saturated heterocycles. The fraction of sp³-hybridized carbons (Fsp3) is 0.333. The highest BCUT2D eigenvalue weighted by Crippen LogP contribution is 2.13. The highest BCUT2D eigenvalue weighted by atomic mass is 16.5. The molecule has 0 radical (unpaired) electrons. The molecule has 1 unspecified atom stereocenters. The van der Waals surface area contributed by atoms with Crippen LogP contribution in [0.25, 0.3) is 0 Å². The number of rotatable bonds is 4. The van der Waals surface area contributed by atoms with Crippen molar-refractivity contribution in [2.45, 2.75) is 25.4 Å². The van der Waals surface area contributed by atoms with Crippen LogP contribution in [-0.4, -0.2) is 49.1 Å². The lowest BCUT2D eigenvalue weighted by atomic mass is 10.1.